The van der Waals surface area contributed by atoms with Gasteiger partial charge in [-0.1, -0.05) is 139 Å². The third kappa shape index (κ3) is 18.3. The van der Waals surface area contributed by atoms with Gasteiger partial charge in [-0.25, -0.2) is 57.2 Å². The normalized spacial score (nSPS) is 11.0. The number of nitrogens with zero attached hydrogens (tertiary/aromatic N) is 20. The lowest BCUT2D eigenvalue weighted by atomic mass is 10.1. The average Bonchev–Trinajstić information content (AvgIpc) is 1.61. The van der Waals surface area contributed by atoms with Crippen LogP contribution in [0.25, 0.3) is 112 Å². The molecule has 0 fully saturated rings. The highest BCUT2D eigenvalue weighted by Crippen LogP contribution is 2.37. The molecule has 0 aliphatic carbocycles. The van der Waals surface area contributed by atoms with Crippen LogP contribution in [0.1, 0.15) is 55.3 Å². The van der Waals surface area contributed by atoms with Crippen molar-refractivity contribution in [1.82, 2.24) is 98.4 Å². The molecule has 5 aromatic carbocycles. The fourth-order valence-electron chi connectivity index (χ4n) is 14.2. The molecule has 15 aromatic heterocycles. The highest BCUT2D eigenvalue weighted by molar-refractivity contribution is 5.94. The largest absolute Gasteiger partial charge is 0.465 e. The van der Waals surface area contributed by atoms with Gasteiger partial charge in [-0.3, -0.25) is 24.9 Å². The van der Waals surface area contributed by atoms with Crippen LogP contribution in [0.5, 0.6) is 0 Å². The van der Waals surface area contributed by atoms with Gasteiger partial charge < -0.3 is 30.5 Å². The van der Waals surface area contributed by atoms with E-state index in [1.54, 1.807) is 84.9 Å². The molecule has 0 aliphatic heterocycles. The second kappa shape index (κ2) is 37.0. The predicted octanol–water partition coefficient (Wildman–Crippen LogP) is 18.6. The van der Waals surface area contributed by atoms with E-state index in [0.29, 0.717) is 77.8 Å². The fraction of sp³-hybridized carbons (Fsp3) is 0.0938. The SMILES string of the molecule is COC(=O)c1ccccc1CNc1nc(-c2cncc(C)c2)nn2ccc(-c3ccccc3)c12.Cc1cncc(-c2nc(NCc3ccccn3)c3c(-c4ccccc4F)ccn3n2)c1.Cc1cncc(-c2nc(NCc3ccncn3)c3c(-c4ccccc4)ccn3n2)c1.Cc1cncc(-c2nc(NCc3ccon3)c3c(-c4ccccc4)ccn3n2)c1. The molecule has 20 rings (SSSR count). The molecule has 124 heavy (non-hydrogen) atoms. The van der Waals surface area contributed by atoms with Gasteiger partial charge in [-0.15, -0.1) is 20.4 Å². The van der Waals surface area contributed by atoms with Gasteiger partial charge in [0.25, 0.3) is 0 Å². The lowest BCUT2D eigenvalue weighted by Gasteiger charge is -2.13. The van der Waals surface area contributed by atoms with E-state index < -0.39 is 0 Å². The molecule has 608 valence electrons. The van der Waals surface area contributed by atoms with E-state index in [1.807, 2.05) is 224 Å². The molecule has 0 aliphatic rings. The van der Waals surface area contributed by atoms with Gasteiger partial charge in [-0.05, 0) is 151 Å². The number of pyridine rings is 5. The third-order valence-electron chi connectivity index (χ3n) is 20.0. The first kappa shape index (κ1) is 79.7. The van der Waals surface area contributed by atoms with Crippen molar-refractivity contribution >= 4 is 51.3 Å². The van der Waals surface area contributed by atoms with Gasteiger partial charge in [0.15, 0.2) is 46.6 Å². The van der Waals surface area contributed by atoms with E-state index in [4.69, 9.17) is 44.5 Å². The second-order valence-electron chi connectivity index (χ2n) is 28.9. The van der Waals surface area contributed by atoms with Gasteiger partial charge in [-0.2, -0.15) is 0 Å². The summed E-state index contributed by atoms with van der Waals surface area (Å²) in [5.41, 5.74) is 22.4. The topological polar surface area (TPSA) is 311 Å². The Morgan fingerprint density at radius 3 is 1.15 bits per heavy atom. The van der Waals surface area contributed by atoms with Gasteiger partial charge in [0.1, 0.15) is 46.2 Å². The Bertz CT molecular complexity index is 7100. The van der Waals surface area contributed by atoms with Crippen LogP contribution in [0.3, 0.4) is 0 Å². The molecule has 27 nitrogen and oxygen atoms in total. The number of carbonyl (C=O) groups is 1. The maximum Gasteiger partial charge on any atom is 0.338 e. The van der Waals surface area contributed by atoms with Crippen LogP contribution >= 0.6 is 0 Å². The van der Waals surface area contributed by atoms with Crippen molar-refractivity contribution in [2.45, 2.75) is 53.9 Å². The summed E-state index contributed by atoms with van der Waals surface area (Å²) >= 11 is 0. The second-order valence-corrected chi connectivity index (χ2v) is 28.9. The molecule has 20 aromatic rings. The molecule has 0 amide bonds. The first-order valence-electron chi connectivity index (χ1n) is 39.7. The Morgan fingerprint density at radius 2 is 0.750 bits per heavy atom. The molecule has 0 radical (unpaired) electrons. The number of aromatic nitrogens is 20. The summed E-state index contributed by atoms with van der Waals surface area (Å²) in [5, 5.41) is 36.5. The number of hydrogen-bond acceptors (Lipinski definition) is 23. The van der Waals surface area contributed by atoms with Crippen molar-refractivity contribution in [2.75, 3.05) is 28.4 Å². The van der Waals surface area contributed by atoms with Crippen LogP contribution in [-0.2, 0) is 30.9 Å². The molecular formula is C96H79FN24O3. The zero-order valence-electron chi connectivity index (χ0n) is 67.9. The number of aryl methyl sites for hydroxylation is 4. The lowest BCUT2D eigenvalue weighted by molar-refractivity contribution is 0.0599. The quantitative estimate of drug-likeness (QED) is 0.0486. The number of hydrogen-bond donors (Lipinski definition) is 4. The zero-order valence-corrected chi connectivity index (χ0v) is 67.9. The molecule has 0 bridgehead atoms. The van der Waals surface area contributed by atoms with E-state index in [9.17, 15) is 9.18 Å². The number of nitrogens with one attached hydrogen (secondary N) is 4. The van der Waals surface area contributed by atoms with Crippen LogP contribution in [0.2, 0.25) is 0 Å². The third-order valence-corrected chi connectivity index (χ3v) is 20.0. The number of esters is 1. The summed E-state index contributed by atoms with van der Waals surface area (Å²) in [4.78, 5) is 61.4. The Balaban J connectivity index is 0.000000117. The maximum atomic E-state index is 14.6. The number of ether oxygens (including phenoxy) is 1. The summed E-state index contributed by atoms with van der Waals surface area (Å²) in [6, 6.07) is 70.2. The minimum Gasteiger partial charge on any atom is -0.465 e. The van der Waals surface area contributed by atoms with Crippen molar-refractivity contribution in [3.05, 3.63) is 374 Å². The number of carbonyl (C=O) groups excluding carboxylic acids is 1. The maximum absolute atomic E-state index is 14.6. The smallest absolute Gasteiger partial charge is 0.338 e. The van der Waals surface area contributed by atoms with Gasteiger partial charge >= 0.3 is 5.97 Å². The molecule has 28 heteroatoms. The van der Waals surface area contributed by atoms with E-state index in [0.717, 1.165) is 134 Å². The summed E-state index contributed by atoms with van der Waals surface area (Å²) in [7, 11) is 1.38. The van der Waals surface area contributed by atoms with Crippen LogP contribution in [0.4, 0.5) is 27.7 Å². The van der Waals surface area contributed by atoms with Crippen LogP contribution < -0.4 is 21.3 Å². The van der Waals surface area contributed by atoms with E-state index in [1.165, 1.54) is 13.2 Å². The van der Waals surface area contributed by atoms with Crippen molar-refractivity contribution < 1.29 is 18.4 Å². The number of benzene rings is 5. The summed E-state index contributed by atoms with van der Waals surface area (Å²) < 4.78 is 31.7. The highest BCUT2D eigenvalue weighted by atomic mass is 19.1. The Morgan fingerprint density at radius 1 is 0.363 bits per heavy atom. The fourth-order valence-corrected chi connectivity index (χ4v) is 14.2. The number of fused-ring (bicyclic) bond motifs is 4. The number of halogens is 1. The Kier molecular flexibility index (Phi) is 23.8. The number of rotatable bonds is 21. The zero-order chi connectivity index (χ0) is 84.7. The van der Waals surface area contributed by atoms with E-state index >= 15 is 0 Å². The molecule has 0 atom stereocenters. The van der Waals surface area contributed by atoms with Crippen molar-refractivity contribution in [2.24, 2.45) is 0 Å². The monoisotopic (exact) mass is 1630 g/mol. The summed E-state index contributed by atoms with van der Waals surface area (Å²) in [6.45, 7) is 9.86. The predicted molar refractivity (Wildman–Crippen MR) is 475 cm³/mol. The van der Waals surface area contributed by atoms with Gasteiger partial charge in [0.2, 0.25) is 0 Å². The van der Waals surface area contributed by atoms with Gasteiger partial charge in [0.05, 0.1) is 43.7 Å². The van der Waals surface area contributed by atoms with E-state index in [-0.39, 0.29) is 11.8 Å². The van der Waals surface area contributed by atoms with Crippen molar-refractivity contribution in [1.29, 1.82) is 0 Å². The van der Waals surface area contributed by atoms with Gasteiger partial charge in [0, 0.05) is 149 Å². The number of methoxy groups -OCH3 is 1. The number of anilines is 4. The molecule has 4 N–H and O–H groups in total. The highest BCUT2D eigenvalue weighted by Gasteiger charge is 2.23. The molecule has 0 unspecified atom stereocenters. The first-order chi connectivity index (χ1) is 60.9. The standard InChI is InChI=1S/C27H23N5O2.C24H19FN6.C23H19N7.C22H18N6O/c1-18-14-21(16-28-15-18)25-30-26(29-17-20-10-6-7-11-23(20)27(33)34-2)24-22(12-13-32(24)31-25)19-8-4-3-5-9-19;1-16-12-17(14-26-13-16)23-29-24(28-15-18-6-4-5-10-27-18)22-20(9-11-31(22)30-23)19-7-2-3-8-21(19)25;1-16-11-18(13-25-12-16)22-28-23(26-14-19-7-9-24-15-27-19)21-20(8-10-30(21)29-22)17-5-3-2-4-6-17;1-15-11-17(13-23-12-15)21-25-22(24-14-18-8-10-29-27-18)20-19(7-9-28(20)26-21)16-5-3-2-4-6-16/h3-16H,17H2,1-2H3,(H,29,30,31);2-14H,15H2,1H3,(H,28,29,30);2-13,15H,14H2,1H3,(H,26,28,29);2-13H,14H2,1H3,(H,24,25,26). The summed E-state index contributed by atoms with van der Waals surface area (Å²) in [5.74, 6) is 4.36. The van der Waals surface area contributed by atoms with Crippen LogP contribution in [0, 0.1) is 33.5 Å². The minimum absolute atomic E-state index is 0.293. The van der Waals surface area contributed by atoms with Crippen molar-refractivity contribution in [3.63, 3.8) is 0 Å². The Hall–Kier alpha value is -16.8. The summed E-state index contributed by atoms with van der Waals surface area (Å²) in [6.07, 6.45) is 28.5. The molecule has 0 saturated carbocycles. The van der Waals surface area contributed by atoms with Crippen molar-refractivity contribution in [3.8, 4) is 90.1 Å². The molecule has 0 saturated heterocycles. The molecule has 15 heterocycles. The lowest BCUT2D eigenvalue weighted by Crippen LogP contribution is -2.11. The minimum atomic E-state index is -0.371. The van der Waals surface area contributed by atoms with E-state index in [2.05, 4.69) is 115 Å². The Labute approximate surface area is 710 Å². The first-order valence-corrected chi connectivity index (χ1v) is 39.7. The van der Waals surface area contributed by atoms with Crippen LogP contribution in [0.15, 0.2) is 322 Å². The molecule has 0 spiro atoms. The average molecular weight is 1640 g/mol. The molecular weight excluding hydrogens is 1560 g/mol. The van der Waals surface area contributed by atoms with Crippen LogP contribution in [-0.4, -0.2) is 112 Å².